The molecule has 3 heteroatoms. The van der Waals surface area contributed by atoms with Gasteiger partial charge in [-0.2, -0.15) is 0 Å². The first kappa shape index (κ1) is 10.1. The van der Waals surface area contributed by atoms with E-state index in [0.717, 1.165) is 13.2 Å². The summed E-state index contributed by atoms with van der Waals surface area (Å²) in [5.74, 6) is 0. The Balaban J connectivity index is 2.19. The standard InChI is InChI=1S/C12H16N2O/c1-14(7-8-15-2)11-3-4-12-10(9-11)5-6-13-12/h3-6,9,13H,7-8H2,1-2H3. The van der Waals surface area contributed by atoms with Crippen molar-refractivity contribution in [2.45, 2.75) is 0 Å². The molecule has 0 amide bonds. The summed E-state index contributed by atoms with van der Waals surface area (Å²) < 4.78 is 5.06. The van der Waals surface area contributed by atoms with Crippen molar-refractivity contribution >= 4 is 16.6 Å². The van der Waals surface area contributed by atoms with Crippen LogP contribution in [0.2, 0.25) is 0 Å². The van der Waals surface area contributed by atoms with Crippen molar-refractivity contribution in [3.05, 3.63) is 30.5 Å². The lowest BCUT2D eigenvalue weighted by Crippen LogP contribution is -2.21. The van der Waals surface area contributed by atoms with E-state index < -0.39 is 0 Å². The molecule has 0 fully saturated rings. The van der Waals surface area contributed by atoms with Gasteiger partial charge in [0, 0.05) is 43.5 Å². The van der Waals surface area contributed by atoms with Crippen molar-refractivity contribution in [2.75, 3.05) is 32.2 Å². The number of fused-ring (bicyclic) bond motifs is 1. The molecule has 0 saturated heterocycles. The Hall–Kier alpha value is -1.48. The summed E-state index contributed by atoms with van der Waals surface area (Å²) in [4.78, 5) is 5.38. The first-order valence-electron chi connectivity index (χ1n) is 5.08. The molecule has 2 rings (SSSR count). The number of hydrogen-bond donors (Lipinski definition) is 1. The van der Waals surface area contributed by atoms with Crippen LogP contribution < -0.4 is 4.90 Å². The minimum Gasteiger partial charge on any atom is -0.383 e. The lowest BCUT2D eigenvalue weighted by atomic mass is 10.2. The minimum atomic E-state index is 0.752. The predicted octanol–water partition coefficient (Wildman–Crippen LogP) is 2.25. The van der Waals surface area contributed by atoms with Crippen molar-refractivity contribution in [1.29, 1.82) is 0 Å². The van der Waals surface area contributed by atoms with Gasteiger partial charge in [-0.1, -0.05) is 0 Å². The molecule has 15 heavy (non-hydrogen) atoms. The van der Waals surface area contributed by atoms with Crippen LogP contribution >= 0.6 is 0 Å². The van der Waals surface area contributed by atoms with Crippen molar-refractivity contribution in [3.63, 3.8) is 0 Å². The van der Waals surface area contributed by atoms with E-state index >= 15 is 0 Å². The average molecular weight is 204 g/mol. The minimum absolute atomic E-state index is 0.752. The van der Waals surface area contributed by atoms with Crippen LogP contribution in [-0.2, 0) is 4.74 Å². The molecule has 1 heterocycles. The normalized spacial score (nSPS) is 10.8. The molecule has 0 bridgehead atoms. The third-order valence-electron chi connectivity index (χ3n) is 2.61. The van der Waals surface area contributed by atoms with Gasteiger partial charge in [-0.15, -0.1) is 0 Å². The topological polar surface area (TPSA) is 28.3 Å². The van der Waals surface area contributed by atoms with Crippen LogP contribution in [0, 0.1) is 0 Å². The third kappa shape index (κ3) is 2.13. The molecule has 1 N–H and O–H groups in total. The number of methoxy groups -OCH3 is 1. The first-order chi connectivity index (χ1) is 7.31. The van der Waals surface area contributed by atoms with E-state index in [9.17, 15) is 0 Å². The van der Waals surface area contributed by atoms with E-state index in [4.69, 9.17) is 4.74 Å². The molecule has 1 aromatic heterocycles. The largest absolute Gasteiger partial charge is 0.383 e. The summed E-state index contributed by atoms with van der Waals surface area (Å²) in [6, 6.07) is 8.49. The predicted molar refractivity (Wildman–Crippen MR) is 63.4 cm³/mol. The van der Waals surface area contributed by atoms with E-state index in [2.05, 4.69) is 41.2 Å². The number of rotatable bonds is 4. The summed E-state index contributed by atoms with van der Waals surface area (Å²) in [5, 5.41) is 1.25. The van der Waals surface area contributed by atoms with E-state index in [-0.39, 0.29) is 0 Å². The Labute approximate surface area is 89.7 Å². The van der Waals surface area contributed by atoms with Crippen LogP contribution in [0.25, 0.3) is 10.9 Å². The van der Waals surface area contributed by atoms with Gasteiger partial charge in [0.15, 0.2) is 0 Å². The molecule has 0 aliphatic carbocycles. The smallest absolute Gasteiger partial charge is 0.0637 e. The van der Waals surface area contributed by atoms with Crippen molar-refractivity contribution in [1.82, 2.24) is 4.98 Å². The van der Waals surface area contributed by atoms with Crippen LogP contribution in [0.1, 0.15) is 0 Å². The number of ether oxygens (including phenoxy) is 1. The molecular formula is C12H16N2O. The van der Waals surface area contributed by atoms with E-state index in [1.165, 1.54) is 16.6 Å². The molecule has 0 atom stereocenters. The fourth-order valence-corrected chi connectivity index (χ4v) is 1.64. The summed E-state index contributed by atoms with van der Waals surface area (Å²) in [6.07, 6.45) is 1.96. The SMILES string of the molecule is COCCN(C)c1ccc2[nH]ccc2c1. The van der Waals surface area contributed by atoms with Gasteiger partial charge in [-0.25, -0.2) is 0 Å². The zero-order valence-electron chi connectivity index (χ0n) is 9.16. The second-order valence-corrected chi connectivity index (χ2v) is 3.66. The second-order valence-electron chi connectivity index (χ2n) is 3.66. The monoisotopic (exact) mass is 204 g/mol. The number of benzene rings is 1. The van der Waals surface area contributed by atoms with Gasteiger partial charge in [0.1, 0.15) is 0 Å². The Morgan fingerprint density at radius 3 is 3.00 bits per heavy atom. The highest BCUT2D eigenvalue weighted by Crippen LogP contribution is 2.20. The van der Waals surface area contributed by atoms with Gasteiger partial charge >= 0.3 is 0 Å². The summed E-state index contributed by atoms with van der Waals surface area (Å²) >= 11 is 0. The maximum atomic E-state index is 5.06. The zero-order chi connectivity index (χ0) is 10.7. The van der Waals surface area contributed by atoms with E-state index in [1.807, 2.05) is 6.20 Å². The van der Waals surface area contributed by atoms with Crippen LogP contribution in [0.15, 0.2) is 30.5 Å². The van der Waals surface area contributed by atoms with Gasteiger partial charge in [-0.3, -0.25) is 0 Å². The molecule has 3 nitrogen and oxygen atoms in total. The van der Waals surface area contributed by atoms with Gasteiger partial charge in [0.05, 0.1) is 6.61 Å². The van der Waals surface area contributed by atoms with E-state index in [1.54, 1.807) is 7.11 Å². The molecule has 0 unspecified atom stereocenters. The molecule has 0 spiro atoms. The first-order valence-corrected chi connectivity index (χ1v) is 5.08. The number of nitrogens with one attached hydrogen (secondary N) is 1. The number of aromatic nitrogens is 1. The molecule has 0 aliphatic rings. The summed E-state index contributed by atoms with van der Waals surface area (Å²) in [6.45, 7) is 1.66. The maximum Gasteiger partial charge on any atom is 0.0637 e. The Morgan fingerprint density at radius 2 is 2.20 bits per heavy atom. The van der Waals surface area contributed by atoms with Gasteiger partial charge in [0.2, 0.25) is 0 Å². The van der Waals surface area contributed by atoms with E-state index in [0.29, 0.717) is 0 Å². The fourth-order valence-electron chi connectivity index (χ4n) is 1.64. The molecular weight excluding hydrogens is 188 g/mol. The van der Waals surface area contributed by atoms with Crippen molar-refractivity contribution < 1.29 is 4.74 Å². The summed E-state index contributed by atoms with van der Waals surface area (Å²) in [7, 11) is 3.80. The number of aromatic amines is 1. The van der Waals surface area contributed by atoms with Crippen molar-refractivity contribution in [2.24, 2.45) is 0 Å². The number of anilines is 1. The Kier molecular flexibility index (Phi) is 2.92. The average Bonchev–Trinajstić information content (AvgIpc) is 2.72. The Bertz CT molecular complexity index is 436. The van der Waals surface area contributed by atoms with Gasteiger partial charge < -0.3 is 14.6 Å². The number of H-pyrrole nitrogens is 1. The third-order valence-corrected chi connectivity index (χ3v) is 2.61. The second kappa shape index (κ2) is 4.36. The lowest BCUT2D eigenvalue weighted by Gasteiger charge is -2.18. The molecule has 1 aromatic carbocycles. The highest BCUT2D eigenvalue weighted by molar-refractivity contribution is 5.83. The molecule has 80 valence electrons. The highest BCUT2D eigenvalue weighted by Gasteiger charge is 2.01. The molecule has 0 radical (unpaired) electrons. The number of likely N-dealkylation sites (N-methyl/N-ethyl adjacent to an activating group) is 1. The molecule has 2 aromatic rings. The quantitative estimate of drug-likeness (QED) is 0.827. The number of nitrogens with zero attached hydrogens (tertiary/aromatic N) is 1. The van der Waals surface area contributed by atoms with Crippen LogP contribution in [0.5, 0.6) is 0 Å². The summed E-state index contributed by atoms with van der Waals surface area (Å²) in [5.41, 5.74) is 2.40. The maximum absolute atomic E-state index is 5.06. The lowest BCUT2D eigenvalue weighted by molar-refractivity contribution is 0.206. The molecule has 0 aliphatic heterocycles. The van der Waals surface area contributed by atoms with Crippen LogP contribution in [0.3, 0.4) is 0 Å². The Morgan fingerprint density at radius 1 is 1.33 bits per heavy atom. The fraction of sp³-hybridized carbons (Fsp3) is 0.333. The van der Waals surface area contributed by atoms with Crippen molar-refractivity contribution in [3.8, 4) is 0 Å². The van der Waals surface area contributed by atoms with Gasteiger partial charge in [-0.05, 0) is 24.3 Å². The van der Waals surface area contributed by atoms with Crippen LogP contribution in [-0.4, -0.2) is 32.3 Å². The van der Waals surface area contributed by atoms with Gasteiger partial charge in [0.25, 0.3) is 0 Å². The molecule has 0 saturated carbocycles. The highest BCUT2D eigenvalue weighted by atomic mass is 16.5. The van der Waals surface area contributed by atoms with Crippen LogP contribution in [0.4, 0.5) is 5.69 Å². The number of hydrogen-bond acceptors (Lipinski definition) is 2. The zero-order valence-corrected chi connectivity index (χ0v) is 9.16.